The van der Waals surface area contributed by atoms with Gasteiger partial charge in [0.1, 0.15) is 0 Å². The number of thiazole rings is 1. The lowest BCUT2D eigenvalue weighted by atomic mass is 10.6. The molecule has 0 unspecified atom stereocenters. The summed E-state index contributed by atoms with van der Waals surface area (Å²) in [5.74, 6) is 0.515. The Balaban J connectivity index is 1.92. The van der Waals surface area contributed by atoms with Crippen LogP contribution < -0.4 is 11.1 Å². The minimum atomic E-state index is -0.125. The van der Waals surface area contributed by atoms with Gasteiger partial charge in [0, 0.05) is 24.6 Å². The van der Waals surface area contributed by atoms with Gasteiger partial charge in [-0.05, 0) is 10.4 Å². The molecule has 2 heterocycles. The lowest BCUT2D eigenvalue weighted by Crippen LogP contribution is -2.12. The Kier molecular flexibility index (Phi) is 4.82. The van der Waals surface area contributed by atoms with Gasteiger partial charge in [0.2, 0.25) is 11.1 Å². The van der Waals surface area contributed by atoms with Crippen LogP contribution in [0.5, 0.6) is 0 Å². The van der Waals surface area contributed by atoms with Gasteiger partial charge >= 0.3 is 0 Å². The summed E-state index contributed by atoms with van der Waals surface area (Å²) in [6.07, 6.45) is 0. The first kappa shape index (κ1) is 13.9. The molecule has 1 amide bonds. The summed E-state index contributed by atoms with van der Waals surface area (Å²) in [6.45, 7) is 2.53. The molecule has 0 radical (unpaired) electrons. The van der Waals surface area contributed by atoms with Gasteiger partial charge in [-0.25, -0.2) is 9.67 Å². The molecule has 0 fully saturated rings. The number of nitrogens with two attached hydrogens (primary N) is 1. The quantitative estimate of drug-likeness (QED) is 0.740. The molecule has 0 aliphatic rings. The Hall–Kier alpha value is -1.52. The van der Waals surface area contributed by atoms with Gasteiger partial charge in [-0.2, -0.15) is 0 Å². The Morgan fingerprint density at radius 1 is 1.63 bits per heavy atom. The van der Waals surface area contributed by atoms with Gasteiger partial charge in [-0.15, -0.1) is 16.4 Å². The number of tetrazole rings is 1. The van der Waals surface area contributed by atoms with Crippen molar-refractivity contribution in [1.82, 2.24) is 25.2 Å². The van der Waals surface area contributed by atoms with E-state index in [2.05, 4.69) is 25.8 Å². The van der Waals surface area contributed by atoms with E-state index in [1.54, 1.807) is 4.68 Å². The molecule has 0 bridgehead atoms. The molecule has 0 saturated heterocycles. The van der Waals surface area contributed by atoms with E-state index >= 15 is 0 Å². The van der Waals surface area contributed by atoms with E-state index in [-0.39, 0.29) is 5.91 Å². The number of rotatable bonds is 6. The molecule has 0 atom stereocenters. The summed E-state index contributed by atoms with van der Waals surface area (Å²) in [7, 11) is 0. The topological polar surface area (TPSA) is 112 Å². The van der Waals surface area contributed by atoms with Crippen LogP contribution in [-0.4, -0.2) is 37.6 Å². The highest BCUT2D eigenvalue weighted by Gasteiger charge is 2.08. The molecule has 0 aromatic carbocycles. The molecule has 0 saturated carbocycles. The predicted octanol–water partition coefficient (Wildman–Crippen LogP) is 0.339. The maximum Gasteiger partial charge on any atom is 0.223 e. The van der Waals surface area contributed by atoms with Crippen molar-refractivity contribution in [3.63, 3.8) is 0 Å². The van der Waals surface area contributed by atoms with Gasteiger partial charge in [-0.3, -0.25) is 4.79 Å². The highest BCUT2D eigenvalue weighted by Crippen LogP contribution is 2.23. The lowest BCUT2D eigenvalue weighted by molar-refractivity contribution is -0.114. The number of anilines is 1. The second kappa shape index (κ2) is 6.59. The molecule has 19 heavy (non-hydrogen) atoms. The SMILES string of the molecule is CC(=O)Nc1nc(CSc2nnnn2CCN)cs1. The van der Waals surface area contributed by atoms with Gasteiger partial charge < -0.3 is 11.1 Å². The monoisotopic (exact) mass is 299 g/mol. The Morgan fingerprint density at radius 2 is 2.47 bits per heavy atom. The molecule has 10 heteroatoms. The van der Waals surface area contributed by atoms with E-state index in [0.29, 0.717) is 29.1 Å². The van der Waals surface area contributed by atoms with Crippen molar-refractivity contribution >= 4 is 34.1 Å². The molecular formula is C9H13N7OS2. The summed E-state index contributed by atoms with van der Waals surface area (Å²) < 4.78 is 1.66. The Morgan fingerprint density at radius 3 is 3.21 bits per heavy atom. The highest BCUT2D eigenvalue weighted by molar-refractivity contribution is 7.98. The van der Waals surface area contributed by atoms with Crippen LogP contribution in [0.25, 0.3) is 0 Å². The van der Waals surface area contributed by atoms with E-state index in [4.69, 9.17) is 5.73 Å². The predicted molar refractivity (Wildman–Crippen MR) is 72.9 cm³/mol. The summed E-state index contributed by atoms with van der Waals surface area (Å²) in [4.78, 5) is 15.2. The largest absolute Gasteiger partial charge is 0.329 e. The Bertz CT molecular complexity index is 552. The molecule has 102 valence electrons. The number of nitrogens with one attached hydrogen (secondary N) is 1. The van der Waals surface area contributed by atoms with Crippen molar-refractivity contribution in [2.75, 3.05) is 11.9 Å². The first-order chi connectivity index (χ1) is 9.19. The number of carbonyl (C=O) groups excluding carboxylic acids is 1. The second-order valence-corrected chi connectivity index (χ2v) is 5.39. The number of hydrogen-bond donors (Lipinski definition) is 2. The van der Waals surface area contributed by atoms with Gasteiger partial charge in [0.25, 0.3) is 0 Å². The molecule has 0 aliphatic heterocycles. The van der Waals surface area contributed by atoms with Crippen LogP contribution in [-0.2, 0) is 17.1 Å². The first-order valence-electron chi connectivity index (χ1n) is 5.50. The van der Waals surface area contributed by atoms with Crippen LogP contribution in [0.1, 0.15) is 12.6 Å². The van der Waals surface area contributed by atoms with Crippen molar-refractivity contribution < 1.29 is 4.79 Å². The smallest absolute Gasteiger partial charge is 0.223 e. The minimum Gasteiger partial charge on any atom is -0.329 e. The van der Waals surface area contributed by atoms with Crippen molar-refractivity contribution in [3.8, 4) is 0 Å². The van der Waals surface area contributed by atoms with Crippen molar-refractivity contribution in [2.24, 2.45) is 5.73 Å². The van der Waals surface area contributed by atoms with E-state index in [9.17, 15) is 4.79 Å². The standard InChI is InChI=1S/C9H13N7OS2/c1-6(17)11-8-12-7(4-18-8)5-19-9-13-14-15-16(9)3-2-10/h4H,2-3,5,10H2,1H3,(H,11,12,17). The third-order valence-electron chi connectivity index (χ3n) is 2.02. The maximum absolute atomic E-state index is 10.9. The van der Waals surface area contributed by atoms with Crippen LogP contribution in [0.15, 0.2) is 10.5 Å². The van der Waals surface area contributed by atoms with E-state index in [0.717, 1.165) is 5.69 Å². The van der Waals surface area contributed by atoms with Crippen LogP contribution in [0, 0.1) is 0 Å². The minimum absolute atomic E-state index is 0.125. The number of carbonyl (C=O) groups is 1. The van der Waals surface area contributed by atoms with E-state index in [1.807, 2.05) is 5.38 Å². The fourth-order valence-electron chi connectivity index (χ4n) is 1.28. The number of nitrogens with zero attached hydrogens (tertiary/aromatic N) is 5. The number of amides is 1. The van der Waals surface area contributed by atoms with Crippen LogP contribution in [0.4, 0.5) is 5.13 Å². The van der Waals surface area contributed by atoms with Crippen molar-refractivity contribution in [2.45, 2.75) is 24.4 Å². The number of hydrogen-bond acceptors (Lipinski definition) is 8. The molecule has 2 aromatic heterocycles. The van der Waals surface area contributed by atoms with Gasteiger partial charge in [0.15, 0.2) is 5.13 Å². The maximum atomic E-state index is 10.9. The normalized spacial score (nSPS) is 10.6. The van der Waals surface area contributed by atoms with Crippen molar-refractivity contribution in [1.29, 1.82) is 0 Å². The molecule has 0 spiro atoms. The van der Waals surface area contributed by atoms with E-state index in [1.165, 1.54) is 30.0 Å². The zero-order valence-corrected chi connectivity index (χ0v) is 11.9. The summed E-state index contributed by atoms with van der Waals surface area (Å²) >= 11 is 2.88. The lowest BCUT2D eigenvalue weighted by Gasteiger charge is -2.00. The van der Waals surface area contributed by atoms with Crippen LogP contribution in [0.3, 0.4) is 0 Å². The average molecular weight is 299 g/mol. The first-order valence-corrected chi connectivity index (χ1v) is 7.36. The Labute approximate surface area is 117 Å². The molecular weight excluding hydrogens is 286 g/mol. The zero-order valence-electron chi connectivity index (χ0n) is 10.2. The van der Waals surface area contributed by atoms with Crippen LogP contribution in [0.2, 0.25) is 0 Å². The highest BCUT2D eigenvalue weighted by atomic mass is 32.2. The van der Waals surface area contributed by atoms with Crippen LogP contribution >= 0.6 is 23.1 Å². The molecule has 0 aliphatic carbocycles. The third kappa shape index (κ3) is 3.98. The fraction of sp³-hybridized carbons (Fsp3) is 0.444. The third-order valence-corrected chi connectivity index (χ3v) is 3.82. The van der Waals surface area contributed by atoms with E-state index < -0.39 is 0 Å². The van der Waals surface area contributed by atoms with Gasteiger partial charge in [-0.1, -0.05) is 11.8 Å². The molecule has 8 nitrogen and oxygen atoms in total. The second-order valence-electron chi connectivity index (χ2n) is 3.59. The molecule has 2 aromatic rings. The average Bonchev–Trinajstić information content (AvgIpc) is 2.96. The zero-order chi connectivity index (χ0) is 13.7. The number of thioether (sulfide) groups is 1. The van der Waals surface area contributed by atoms with Crippen molar-refractivity contribution in [3.05, 3.63) is 11.1 Å². The number of aromatic nitrogens is 5. The van der Waals surface area contributed by atoms with Gasteiger partial charge in [0.05, 0.1) is 12.2 Å². The summed E-state index contributed by atoms with van der Waals surface area (Å²) in [5, 5.41) is 17.2. The summed E-state index contributed by atoms with van der Waals surface area (Å²) in [5.41, 5.74) is 6.35. The fourth-order valence-corrected chi connectivity index (χ4v) is 2.94. The summed E-state index contributed by atoms with van der Waals surface area (Å²) in [6, 6.07) is 0. The molecule has 2 rings (SSSR count). The molecule has 3 N–H and O–H groups in total.